The molecular weight excluding hydrogens is 438 g/mol. The van der Waals surface area contributed by atoms with Crippen LogP contribution >= 0.6 is 33.7 Å². The molecule has 1 spiro atoms. The summed E-state index contributed by atoms with van der Waals surface area (Å²) in [6.45, 7) is 1.79. The van der Waals surface area contributed by atoms with Gasteiger partial charge in [-0.3, -0.25) is 9.59 Å². The van der Waals surface area contributed by atoms with Crippen LogP contribution in [-0.2, 0) is 34.1 Å². The molecule has 154 valence electrons. The fourth-order valence-corrected chi connectivity index (χ4v) is 5.57. The van der Waals surface area contributed by atoms with E-state index in [0.717, 1.165) is 33.7 Å². The van der Waals surface area contributed by atoms with Gasteiger partial charge in [0.1, 0.15) is 5.70 Å². The average Bonchev–Trinajstić information content (AvgIpc) is 3.19. The molecule has 1 amide bonds. The van der Waals surface area contributed by atoms with Gasteiger partial charge in [-0.1, -0.05) is 11.8 Å². The number of carbonyl (C=O) groups is 4. The molecule has 1 aromatic heterocycles. The number of thioether (sulfide) groups is 1. The highest BCUT2D eigenvalue weighted by molar-refractivity contribution is 8.41. The third kappa shape index (κ3) is 5.28. The molecule has 3 N–H and O–H groups in total. The molecule has 0 bridgehead atoms. The van der Waals surface area contributed by atoms with Crippen molar-refractivity contribution in [1.82, 2.24) is 5.32 Å². The zero-order chi connectivity index (χ0) is 21.0. The summed E-state index contributed by atoms with van der Waals surface area (Å²) < 4.78 is 10.5. The van der Waals surface area contributed by atoms with Crippen molar-refractivity contribution in [2.24, 2.45) is 10.7 Å². The lowest BCUT2D eigenvalue weighted by atomic mass is 10.3. The van der Waals surface area contributed by atoms with Gasteiger partial charge in [0.05, 0.1) is 16.8 Å². The van der Waals surface area contributed by atoms with E-state index in [9.17, 15) is 19.2 Å². The van der Waals surface area contributed by atoms with Gasteiger partial charge in [0.15, 0.2) is 5.12 Å². The maximum absolute atomic E-state index is 11.8. The van der Waals surface area contributed by atoms with E-state index in [4.69, 9.17) is 14.1 Å². The van der Waals surface area contributed by atoms with Crippen molar-refractivity contribution < 1.29 is 27.5 Å². The molecule has 0 aromatic carbocycles. The summed E-state index contributed by atoms with van der Waals surface area (Å²) in [6, 6.07) is 3.61. The van der Waals surface area contributed by atoms with E-state index < -0.39 is 22.5 Å². The Bertz CT molecular complexity index is 945. The Morgan fingerprint density at radius 2 is 1.93 bits per heavy atom. The first-order chi connectivity index (χ1) is 13.8. The summed E-state index contributed by atoms with van der Waals surface area (Å²) in [6.07, 6.45) is 2.21. The van der Waals surface area contributed by atoms with Gasteiger partial charge in [-0.2, -0.15) is 0 Å². The Labute approximate surface area is 176 Å². The molecule has 2 aliphatic heterocycles. The van der Waals surface area contributed by atoms with E-state index in [1.54, 1.807) is 6.07 Å². The van der Waals surface area contributed by atoms with Crippen LogP contribution in [0.4, 0.5) is 0 Å². The van der Waals surface area contributed by atoms with E-state index in [1.165, 1.54) is 23.7 Å². The van der Waals surface area contributed by atoms with Gasteiger partial charge >= 0.3 is 11.9 Å². The highest BCUT2D eigenvalue weighted by atomic mass is 32.3. The second-order valence-corrected chi connectivity index (χ2v) is 10.3. The second-order valence-electron chi connectivity index (χ2n) is 5.77. The Hall–Kier alpha value is -2.57. The Morgan fingerprint density at radius 3 is 2.59 bits per heavy atom. The van der Waals surface area contributed by atoms with Gasteiger partial charge in [0.2, 0.25) is 11.1 Å². The number of nitrogens with two attached hydrogens (primary N) is 1. The molecule has 0 saturated carbocycles. The first kappa shape index (κ1) is 21.1. The average molecular weight is 456 g/mol. The van der Waals surface area contributed by atoms with Gasteiger partial charge in [0.25, 0.3) is 0 Å². The summed E-state index contributed by atoms with van der Waals surface area (Å²) in [4.78, 5) is 51.9. The van der Waals surface area contributed by atoms with Crippen LogP contribution in [0.3, 0.4) is 0 Å². The first-order valence-electron chi connectivity index (χ1n) is 8.31. The molecule has 0 unspecified atom stereocenters. The second kappa shape index (κ2) is 8.84. The van der Waals surface area contributed by atoms with Crippen LogP contribution < -0.4 is 11.1 Å². The summed E-state index contributed by atoms with van der Waals surface area (Å²) in [7, 11) is -2.90. The van der Waals surface area contributed by atoms with E-state index in [-0.39, 0.29) is 22.6 Å². The maximum atomic E-state index is 11.8. The van der Waals surface area contributed by atoms with Crippen molar-refractivity contribution in [3.05, 3.63) is 39.4 Å². The molecule has 29 heavy (non-hydrogen) atoms. The molecule has 3 heterocycles. The van der Waals surface area contributed by atoms with Crippen LogP contribution in [0.15, 0.2) is 34.7 Å². The molecule has 9 nitrogen and oxygen atoms in total. The fourth-order valence-electron chi connectivity index (χ4n) is 2.29. The minimum Gasteiger partial charge on any atom is -0.368 e. The van der Waals surface area contributed by atoms with Crippen molar-refractivity contribution in [1.29, 1.82) is 0 Å². The van der Waals surface area contributed by atoms with Gasteiger partial charge < -0.3 is 19.4 Å². The Balaban J connectivity index is 1.64. The van der Waals surface area contributed by atoms with Crippen LogP contribution in [0.2, 0.25) is 0 Å². The molecular formula is C17H17N3O6S3. The summed E-state index contributed by atoms with van der Waals surface area (Å²) in [5.41, 5.74) is 6.34. The number of hydrogen-bond donors (Lipinski definition) is 2. The van der Waals surface area contributed by atoms with E-state index in [2.05, 4.69) is 10.3 Å². The standard InChI is InChI=1S/C17H17N3O6S3/c1-10(21)27-7-6-14(22)19-8-11-2-3-13(28-11)12-9-29(17(18)20-12)25-15(23)4-5-16(24)26-29/h2-5,9H,6-8H2,1H3,(H2,18,20)(H,19,22). The van der Waals surface area contributed by atoms with Crippen molar-refractivity contribution in [2.45, 2.75) is 19.9 Å². The third-order valence-electron chi connectivity index (χ3n) is 3.56. The maximum Gasteiger partial charge on any atom is 0.354 e. The minimum atomic E-state index is -2.90. The number of carbonyl (C=O) groups excluding carboxylic acids is 4. The normalized spacial score (nSPS) is 18.4. The lowest BCUT2D eigenvalue weighted by Crippen LogP contribution is -2.23. The summed E-state index contributed by atoms with van der Waals surface area (Å²) in [5, 5.41) is 4.14. The van der Waals surface area contributed by atoms with Gasteiger partial charge in [-0.25, -0.2) is 14.6 Å². The number of rotatable bonds is 6. The predicted molar refractivity (Wildman–Crippen MR) is 112 cm³/mol. The molecule has 0 saturated heterocycles. The molecule has 0 radical (unpaired) electrons. The smallest absolute Gasteiger partial charge is 0.354 e. The van der Waals surface area contributed by atoms with Crippen molar-refractivity contribution >= 4 is 67.5 Å². The number of hydrogen-bond acceptors (Lipinski definition) is 10. The Kier molecular flexibility index (Phi) is 6.45. The van der Waals surface area contributed by atoms with Crippen LogP contribution in [-0.4, -0.2) is 33.9 Å². The fraction of sp³-hybridized carbons (Fsp3) is 0.235. The summed E-state index contributed by atoms with van der Waals surface area (Å²) in [5.74, 6) is -1.18. The van der Waals surface area contributed by atoms with Crippen LogP contribution in [0, 0.1) is 0 Å². The SMILES string of the molecule is CC(=O)SCCC(=O)NCc1ccc(C2=CS3(OC(=O)C=CC(=O)O3)C(N)=N2)s1. The number of amides is 1. The first-order valence-corrected chi connectivity index (χ1v) is 11.7. The molecule has 1 aromatic rings. The van der Waals surface area contributed by atoms with Gasteiger partial charge in [-0.15, -0.1) is 11.3 Å². The van der Waals surface area contributed by atoms with E-state index >= 15 is 0 Å². The topological polar surface area (TPSA) is 137 Å². The largest absolute Gasteiger partial charge is 0.368 e. The zero-order valence-electron chi connectivity index (χ0n) is 15.2. The van der Waals surface area contributed by atoms with E-state index in [1.807, 2.05) is 6.07 Å². The van der Waals surface area contributed by atoms with Gasteiger partial charge in [0, 0.05) is 36.1 Å². The number of aliphatic imine (C=N–C) groups is 1. The third-order valence-corrected chi connectivity index (χ3v) is 7.52. The van der Waals surface area contributed by atoms with E-state index in [0.29, 0.717) is 18.0 Å². The van der Waals surface area contributed by atoms with Crippen LogP contribution in [0.5, 0.6) is 0 Å². The molecule has 0 fully saturated rings. The minimum absolute atomic E-state index is 0.0222. The number of nitrogens with one attached hydrogen (secondary N) is 1. The highest BCUT2D eigenvalue weighted by Gasteiger charge is 2.38. The van der Waals surface area contributed by atoms with Crippen molar-refractivity contribution in [3.63, 3.8) is 0 Å². The number of thiophene rings is 1. The quantitative estimate of drug-likeness (QED) is 0.664. The Morgan fingerprint density at radius 1 is 1.24 bits per heavy atom. The lowest BCUT2D eigenvalue weighted by Gasteiger charge is -2.32. The molecule has 0 aliphatic carbocycles. The summed E-state index contributed by atoms with van der Waals surface area (Å²) >= 11 is 2.48. The van der Waals surface area contributed by atoms with Crippen LogP contribution in [0.1, 0.15) is 23.1 Å². The molecule has 2 aliphatic rings. The number of nitrogens with zero attached hydrogens (tertiary/aromatic N) is 1. The van der Waals surface area contributed by atoms with Crippen LogP contribution in [0.25, 0.3) is 5.70 Å². The molecule has 0 atom stereocenters. The lowest BCUT2D eigenvalue weighted by molar-refractivity contribution is -0.129. The highest BCUT2D eigenvalue weighted by Crippen LogP contribution is 2.58. The molecule has 3 rings (SSSR count). The zero-order valence-corrected chi connectivity index (χ0v) is 17.7. The molecule has 12 heteroatoms. The predicted octanol–water partition coefficient (Wildman–Crippen LogP) is 1.95. The van der Waals surface area contributed by atoms with Crippen molar-refractivity contribution in [2.75, 3.05) is 5.75 Å². The van der Waals surface area contributed by atoms with Crippen molar-refractivity contribution in [3.8, 4) is 0 Å². The number of amidine groups is 1. The van der Waals surface area contributed by atoms with Gasteiger partial charge in [-0.05, 0) is 22.7 Å². The monoisotopic (exact) mass is 455 g/mol.